The minimum absolute atomic E-state index is 0.0484. The fourth-order valence-corrected chi connectivity index (χ4v) is 3.42. The number of hydrogen-bond acceptors (Lipinski definition) is 3. The number of hydrogen-bond donors (Lipinski definition) is 2. The van der Waals surface area contributed by atoms with Crippen LogP contribution in [0.5, 0.6) is 0 Å². The number of aliphatic carboxylic acids is 1. The molecule has 18 heavy (non-hydrogen) atoms. The smallest absolute Gasteiger partial charge is 0.327 e. The van der Waals surface area contributed by atoms with Crippen LogP contribution in [0.2, 0.25) is 0 Å². The molecule has 0 spiro atoms. The summed E-state index contributed by atoms with van der Waals surface area (Å²) in [5.41, 5.74) is 0. The molecule has 1 aliphatic heterocycles. The molecule has 2 N–H and O–H groups in total. The van der Waals surface area contributed by atoms with Crippen molar-refractivity contribution < 1.29 is 14.7 Å². The number of thioether (sulfide) groups is 1. The number of carboxylic acid groups (broad SMARTS) is 1. The van der Waals surface area contributed by atoms with Gasteiger partial charge in [0.25, 0.3) is 0 Å². The van der Waals surface area contributed by atoms with Crippen LogP contribution in [0.25, 0.3) is 0 Å². The molecule has 0 radical (unpaired) electrons. The van der Waals surface area contributed by atoms with Gasteiger partial charge in [-0.05, 0) is 12.3 Å². The fraction of sp³-hybridized carbons (Fsp3) is 0.833. The number of nitrogens with zero attached hydrogens (tertiary/aromatic N) is 1. The minimum Gasteiger partial charge on any atom is -0.480 e. The van der Waals surface area contributed by atoms with Gasteiger partial charge in [0.15, 0.2) is 0 Å². The predicted octanol–water partition coefficient (Wildman–Crippen LogP) is 1.98. The maximum Gasteiger partial charge on any atom is 0.327 e. The van der Waals surface area contributed by atoms with Gasteiger partial charge in [-0.15, -0.1) is 11.8 Å². The largest absolute Gasteiger partial charge is 0.480 e. The van der Waals surface area contributed by atoms with Gasteiger partial charge >= 0.3 is 12.0 Å². The first-order valence-electron chi connectivity index (χ1n) is 6.39. The number of urea groups is 1. The van der Waals surface area contributed by atoms with Gasteiger partial charge < -0.3 is 10.4 Å². The lowest BCUT2D eigenvalue weighted by Crippen LogP contribution is -2.51. The second-order valence-electron chi connectivity index (χ2n) is 4.81. The van der Waals surface area contributed by atoms with Crippen molar-refractivity contribution >= 4 is 23.8 Å². The summed E-state index contributed by atoms with van der Waals surface area (Å²) in [6.45, 7) is 6.67. The lowest BCUT2D eigenvalue weighted by atomic mass is 10.2. The SMILES string of the molecule is CCCCNC(=O)N1C(C(=O)O)CSC1C(C)C. The molecule has 0 aliphatic carbocycles. The number of carbonyl (C=O) groups excluding carboxylic acids is 1. The Balaban J connectivity index is 2.70. The predicted molar refractivity (Wildman–Crippen MR) is 72.7 cm³/mol. The highest BCUT2D eigenvalue weighted by Gasteiger charge is 2.42. The van der Waals surface area contributed by atoms with Crippen LogP contribution in [0.3, 0.4) is 0 Å². The monoisotopic (exact) mass is 274 g/mol. The summed E-state index contributed by atoms with van der Waals surface area (Å²) in [6.07, 6.45) is 1.92. The topological polar surface area (TPSA) is 69.6 Å². The van der Waals surface area contributed by atoms with Crippen LogP contribution in [0.15, 0.2) is 0 Å². The Bertz CT molecular complexity index is 310. The summed E-state index contributed by atoms with van der Waals surface area (Å²) < 4.78 is 0. The third-order valence-corrected chi connectivity index (χ3v) is 4.55. The quantitative estimate of drug-likeness (QED) is 0.752. The van der Waals surface area contributed by atoms with Crippen LogP contribution >= 0.6 is 11.8 Å². The molecular formula is C12H22N2O3S. The molecule has 104 valence electrons. The number of amides is 2. The van der Waals surface area contributed by atoms with Crippen molar-refractivity contribution in [2.45, 2.75) is 45.0 Å². The lowest BCUT2D eigenvalue weighted by Gasteiger charge is -2.29. The first-order chi connectivity index (χ1) is 8.49. The molecule has 1 rings (SSSR count). The summed E-state index contributed by atoms with van der Waals surface area (Å²) >= 11 is 1.55. The van der Waals surface area contributed by atoms with E-state index in [-0.39, 0.29) is 17.3 Å². The Morgan fingerprint density at radius 3 is 2.67 bits per heavy atom. The molecule has 0 saturated carbocycles. The first kappa shape index (κ1) is 15.1. The molecule has 2 amide bonds. The zero-order valence-electron chi connectivity index (χ0n) is 11.2. The molecule has 0 aromatic heterocycles. The van der Waals surface area contributed by atoms with Crippen molar-refractivity contribution in [3.63, 3.8) is 0 Å². The van der Waals surface area contributed by atoms with E-state index < -0.39 is 12.0 Å². The number of carbonyl (C=O) groups is 2. The average Bonchev–Trinajstić information content (AvgIpc) is 2.73. The van der Waals surface area contributed by atoms with E-state index in [1.807, 2.05) is 13.8 Å². The third-order valence-electron chi connectivity index (χ3n) is 2.93. The Labute approximate surface area is 112 Å². The Morgan fingerprint density at radius 2 is 2.17 bits per heavy atom. The van der Waals surface area contributed by atoms with E-state index in [9.17, 15) is 9.59 Å². The van der Waals surface area contributed by atoms with Crippen LogP contribution < -0.4 is 5.32 Å². The Hall–Kier alpha value is -0.910. The second kappa shape index (κ2) is 6.87. The van der Waals surface area contributed by atoms with Crippen molar-refractivity contribution in [3.8, 4) is 0 Å². The summed E-state index contributed by atoms with van der Waals surface area (Å²) in [5.74, 6) is -0.202. The Kier molecular flexibility index (Phi) is 5.78. The number of carboxylic acids is 1. The molecule has 6 heteroatoms. The summed E-state index contributed by atoms with van der Waals surface area (Å²) in [5, 5.41) is 11.9. The summed E-state index contributed by atoms with van der Waals surface area (Å²) in [6, 6.07) is -0.955. The number of unbranched alkanes of at least 4 members (excludes halogenated alkanes) is 1. The highest BCUT2D eigenvalue weighted by atomic mass is 32.2. The average molecular weight is 274 g/mol. The molecule has 0 aromatic carbocycles. The number of nitrogens with one attached hydrogen (secondary N) is 1. The fourth-order valence-electron chi connectivity index (χ4n) is 1.95. The normalized spacial score (nSPS) is 23.4. The Morgan fingerprint density at radius 1 is 1.50 bits per heavy atom. The molecule has 2 atom stereocenters. The maximum absolute atomic E-state index is 12.1. The van der Waals surface area contributed by atoms with Crippen molar-refractivity contribution in [3.05, 3.63) is 0 Å². The van der Waals surface area contributed by atoms with E-state index in [1.54, 1.807) is 11.8 Å². The highest BCUT2D eigenvalue weighted by Crippen LogP contribution is 2.33. The van der Waals surface area contributed by atoms with Gasteiger partial charge in [-0.25, -0.2) is 9.59 Å². The van der Waals surface area contributed by atoms with Gasteiger partial charge in [-0.1, -0.05) is 27.2 Å². The van der Waals surface area contributed by atoms with Crippen LogP contribution in [0.1, 0.15) is 33.6 Å². The molecule has 0 bridgehead atoms. The molecule has 1 aliphatic rings. The molecule has 5 nitrogen and oxygen atoms in total. The molecule has 2 unspecified atom stereocenters. The van der Waals surface area contributed by atoms with Gasteiger partial charge in [0.1, 0.15) is 6.04 Å². The van der Waals surface area contributed by atoms with Gasteiger partial charge in [0, 0.05) is 12.3 Å². The van der Waals surface area contributed by atoms with Crippen molar-refractivity contribution in [1.29, 1.82) is 0 Å². The van der Waals surface area contributed by atoms with Crippen LogP contribution in [0, 0.1) is 5.92 Å². The van der Waals surface area contributed by atoms with Crippen molar-refractivity contribution in [1.82, 2.24) is 10.2 Å². The van der Waals surface area contributed by atoms with Crippen LogP contribution in [-0.4, -0.2) is 45.7 Å². The second-order valence-corrected chi connectivity index (χ2v) is 5.96. The van der Waals surface area contributed by atoms with E-state index in [2.05, 4.69) is 12.2 Å². The van der Waals surface area contributed by atoms with Crippen LogP contribution in [-0.2, 0) is 4.79 Å². The first-order valence-corrected chi connectivity index (χ1v) is 7.44. The standard InChI is InChI=1S/C12H22N2O3S/c1-4-5-6-13-12(17)14-9(11(15)16)7-18-10(14)8(2)3/h8-10H,4-7H2,1-3H3,(H,13,17)(H,15,16). The zero-order valence-corrected chi connectivity index (χ0v) is 12.0. The van der Waals surface area contributed by atoms with Gasteiger partial charge in [0.2, 0.25) is 0 Å². The van der Waals surface area contributed by atoms with E-state index in [1.165, 1.54) is 4.90 Å². The molecule has 0 aromatic rings. The van der Waals surface area contributed by atoms with Crippen molar-refractivity contribution in [2.24, 2.45) is 5.92 Å². The van der Waals surface area contributed by atoms with Crippen molar-refractivity contribution in [2.75, 3.05) is 12.3 Å². The van der Waals surface area contributed by atoms with E-state index in [0.29, 0.717) is 12.3 Å². The van der Waals surface area contributed by atoms with Gasteiger partial charge in [-0.3, -0.25) is 4.90 Å². The molecule has 1 heterocycles. The highest BCUT2D eigenvalue weighted by molar-refractivity contribution is 8.00. The molecule has 1 fully saturated rings. The molecule has 1 saturated heterocycles. The minimum atomic E-state index is -0.920. The third kappa shape index (κ3) is 3.54. The molecular weight excluding hydrogens is 252 g/mol. The maximum atomic E-state index is 12.1. The van der Waals surface area contributed by atoms with Gasteiger partial charge in [0.05, 0.1) is 5.37 Å². The van der Waals surface area contributed by atoms with E-state index >= 15 is 0 Å². The van der Waals surface area contributed by atoms with E-state index in [4.69, 9.17) is 5.11 Å². The van der Waals surface area contributed by atoms with Gasteiger partial charge in [-0.2, -0.15) is 0 Å². The lowest BCUT2D eigenvalue weighted by molar-refractivity contribution is -0.141. The van der Waals surface area contributed by atoms with Crippen LogP contribution in [0.4, 0.5) is 4.79 Å². The van der Waals surface area contributed by atoms with E-state index in [0.717, 1.165) is 12.8 Å². The summed E-state index contributed by atoms with van der Waals surface area (Å²) in [4.78, 5) is 24.8. The zero-order chi connectivity index (χ0) is 13.7. The number of rotatable bonds is 5. The summed E-state index contributed by atoms with van der Waals surface area (Å²) in [7, 11) is 0.